The molecule has 0 aliphatic carbocycles. The van der Waals surface area contributed by atoms with E-state index in [0.717, 1.165) is 27.2 Å². The molecule has 3 aromatic carbocycles. The normalized spacial score (nSPS) is 14.3. The van der Waals surface area contributed by atoms with Crippen LogP contribution in [0.25, 0.3) is 0 Å². The summed E-state index contributed by atoms with van der Waals surface area (Å²) in [5.74, 6) is -0.568. The molecule has 0 spiro atoms. The topological polar surface area (TPSA) is 105 Å². The summed E-state index contributed by atoms with van der Waals surface area (Å²) in [5, 5.41) is 9.69. The number of esters is 1. The number of rotatable bonds is 7. The molecule has 1 aliphatic heterocycles. The van der Waals surface area contributed by atoms with E-state index in [0.29, 0.717) is 17.7 Å². The lowest BCUT2D eigenvalue weighted by Crippen LogP contribution is -2.29. The van der Waals surface area contributed by atoms with Gasteiger partial charge in [-0.1, -0.05) is 48.5 Å². The minimum Gasteiger partial charge on any atom is -0.493 e. The molecule has 0 aromatic heterocycles. The summed E-state index contributed by atoms with van der Waals surface area (Å²) < 4.78 is 38.6. The second-order valence-electron chi connectivity index (χ2n) is 7.36. The zero-order chi connectivity index (χ0) is 23.4. The van der Waals surface area contributed by atoms with E-state index < -0.39 is 22.1 Å². The highest BCUT2D eigenvalue weighted by Gasteiger charge is 2.31. The van der Waals surface area contributed by atoms with Gasteiger partial charge in [0.1, 0.15) is 18.0 Å². The Bertz CT molecular complexity index is 1310. The minimum absolute atomic E-state index is 0.228. The van der Waals surface area contributed by atoms with Crippen molar-refractivity contribution in [1.82, 2.24) is 4.72 Å². The van der Waals surface area contributed by atoms with Crippen LogP contribution in [0.15, 0.2) is 84.9 Å². The van der Waals surface area contributed by atoms with Crippen LogP contribution in [0.5, 0.6) is 5.75 Å². The summed E-state index contributed by atoms with van der Waals surface area (Å²) in [6.45, 7) is 0.228. The Balaban J connectivity index is 1.66. The molecule has 2 N–H and O–H groups in total. The number of benzene rings is 3. The van der Waals surface area contributed by atoms with Crippen molar-refractivity contribution < 1.29 is 27.8 Å². The summed E-state index contributed by atoms with van der Waals surface area (Å²) in [6.07, 6.45) is 1.57. The summed E-state index contributed by atoms with van der Waals surface area (Å²) in [7, 11) is -2.64. The number of methoxy groups -OCH3 is 1. The van der Waals surface area contributed by atoms with Crippen molar-refractivity contribution in [3.05, 3.63) is 107 Å². The molecule has 0 atom stereocenters. The molecular weight excluding hydrogens is 444 g/mol. The first-order valence-corrected chi connectivity index (χ1v) is 11.5. The van der Waals surface area contributed by atoms with Crippen LogP contribution in [0.2, 0.25) is 0 Å². The Morgan fingerprint density at radius 2 is 1.70 bits per heavy atom. The van der Waals surface area contributed by atoms with Gasteiger partial charge in [0, 0.05) is 0 Å². The van der Waals surface area contributed by atoms with E-state index in [1.807, 2.05) is 41.1 Å². The van der Waals surface area contributed by atoms with Gasteiger partial charge >= 0.3 is 16.2 Å². The highest BCUT2D eigenvalue weighted by atomic mass is 32.2. The van der Waals surface area contributed by atoms with E-state index in [1.54, 1.807) is 36.4 Å². The van der Waals surface area contributed by atoms with Crippen molar-refractivity contribution in [3.8, 4) is 5.75 Å². The highest BCUT2D eigenvalue weighted by molar-refractivity contribution is 7.91. The molecule has 8 nitrogen and oxygen atoms in total. The number of hydrogen-bond donors (Lipinski definition) is 2. The number of anilines is 1. The first-order chi connectivity index (χ1) is 15.9. The van der Waals surface area contributed by atoms with Crippen LogP contribution in [-0.2, 0) is 28.0 Å². The van der Waals surface area contributed by atoms with Gasteiger partial charge in [-0.25, -0.2) is 13.8 Å². The molecule has 0 unspecified atom stereocenters. The molecule has 1 aliphatic rings. The smallest absolute Gasteiger partial charge is 0.337 e. The zero-order valence-electron chi connectivity index (χ0n) is 17.8. The third-order valence-corrected chi connectivity index (χ3v) is 6.27. The largest absolute Gasteiger partial charge is 0.493 e. The summed E-state index contributed by atoms with van der Waals surface area (Å²) in [6, 6.07) is 21.7. The molecule has 0 amide bonds. The highest BCUT2D eigenvalue weighted by Crippen LogP contribution is 2.34. The van der Waals surface area contributed by atoms with Crippen molar-refractivity contribution in [2.24, 2.45) is 0 Å². The lowest BCUT2D eigenvalue weighted by atomic mass is 10.0. The number of ether oxygens (including phenoxy) is 2. The fourth-order valence-corrected chi connectivity index (χ4v) is 4.51. The van der Waals surface area contributed by atoms with Gasteiger partial charge in [-0.2, -0.15) is 8.42 Å². The van der Waals surface area contributed by atoms with Crippen LogP contribution in [0.3, 0.4) is 0 Å². The van der Waals surface area contributed by atoms with Crippen LogP contribution in [0.1, 0.15) is 27.0 Å². The molecule has 0 saturated carbocycles. The summed E-state index contributed by atoms with van der Waals surface area (Å²) >= 11 is 0. The van der Waals surface area contributed by atoms with Gasteiger partial charge < -0.3 is 14.6 Å². The Kier molecular flexibility index (Phi) is 6.23. The average molecular weight is 467 g/mol. The maximum atomic E-state index is 12.4. The van der Waals surface area contributed by atoms with Gasteiger partial charge in [0.05, 0.1) is 18.9 Å². The van der Waals surface area contributed by atoms with Crippen LogP contribution < -0.4 is 13.8 Å². The molecule has 3 aromatic rings. The molecule has 0 fully saturated rings. The predicted octanol–water partition coefficient (Wildman–Crippen LogP) is 3.65. The third-order valence-electron chi connectivity index (χ3n) is 4.99. The van der Waals surface area contributed by atoms with Crippen molar-refractivity contribution >= 4 is 21.9 Å². The molecule has 1 heterocycles. The Morgan fingerprint density at radius 3 is 2.39 bits per heavy atom. The standard InChI is InChI=1S/C24H22N2O6S/c1-31-24(28)20-9-5-8-18(13-20)12-19-10-11-21(26-15-23(27)25-33(26,29)30)22(14-19)32-16-17-6-3-2-4-7-17/h2-11,13-15,25,27H,12,16H2,1H3. The fraction of sp³-hybridized carbons (Fsp3) is 0.125. The SMILES string of the molecule is COC(=O)c1cccc(Cc2ccc(N3C=C(O)NS3(=O)=O)c(OCc3ccccc3)c2)c1. The van der Waals surface area contributed by atoms with Crippen molar-refractivity contribution in [1.29, 1.82) is 0 Å². The number of hydrogen-bond acceptors (Lipinski definition) is 6. The molecular formula is C24H22N2O6S. The van der Waals surface area contributed by atoms with E-state index in [4.69, 9.17) is 9.47 Å². The summed E-state index contributed by atoms with van der Waals surface area (Å²) in [4.78, 5) is 11.8. The average Bonchev–Trinajstić information content (AvgIpc) is 3.09. The number of carbonyl (C=O) groups excluding carboxylic acids is 1. The maximum absolute atomic E-state index is 12.4. The zero-order valence-corrected chi connectivity index (χ0v) is 18.6. The van der Waals surface area contributed by atoms with E-state index in [1.165, 1.54) is 7.11 Å². The second kappa shape index (κ2) is 9.25. The van der Waals surface area contributed by atoms with Crippen LogP contribution in [-0.4, -0.2) is 26.6 Å². The lowest BCUT2D eigenvalue weighted by molar-refractivity contribution is 0.0600. The fourth-order valence-electron chi connectivity index (χ4n) is 3.45. The quantitative estimate of drug-likeness (QED) is 0.515. The molecule has 9 heteroatoms. The second-order valence-corrected chi connectivity index (χ2v) is 8.91. The van der Waals surface area contributed by atoms with E-state index in [9.17, 15) is 18.3 Å². The molecule has 0 saturated heterocycles. The molecule has 170 valence electrons. The number of aliphatic hydroxyl groups is 1. The van der Waals surface area contributed by atoms with E-state index in [2.05, 4.69) is 0 Å². The number of nitrogens with one attached hydrogen (secondary N) is 1. The van der Waals surface area contributed by atoms with E-state index >= 15 is 0 Å². The lowest BCUT2D eigenvalue weighted by Gasteiger charge is -2.19. The Hall–Kier alpha value is -3.98. The first kappa shape index (κ1) is 22.2. The minimum atomic E-state index is -3.98. The van der Waals surface area contributed by atoms with Crippen LogP contribution in [0.4, 0.5) is 5.69 Å². The molecule has 0 bridgehead atoms. The predicted molar refractivity (Wildman–Crippen MR) is 123 cm³/mol. The molecule has 33 heavy (non-hydrogen) atoms. The summed E-state index contributed by atoms with van der Waals surface area (Å²) in [5.41, 5.74) is 3.35. The van der Waals surface area contributed by atoms with Crippen molar-refractivity contribution in [2.45, 2.75) is 13.0 Å². The van der Waals surface area contributed by atoms with Gasteiger partial charge in [-0.05, 0) is 47.4 Å². The van der Waals surface area contributed by atoms with Gasteiger partial charge in [0.2, 0.25) is 5.88 Å². The van der Waals surface area contributed by atoms with Crippen molar-refractivity contribution in [3.63, 3.8) is 0 Å². The van der Waals surface area contributed by atoms with Gasteiger partial charge in [0.15, 0.2) is 0 Å². The number of aliphatic hydroxyl groups excluding tert-OH is 1. The van der Waals surface area contributed by atoms with Crippen molar-refractivity contribution in [2.75, 3.05) is 11.4 Å². The monoisotopic (exact) mass is 466 g/mol. The number of carbonyl (C=O) groups is 1. The number of nitrogens with zero attached hydrogens (tertiary/aromatic N) is 1. The van der Waals surface area contributed by atoms with Gasteiger partial charge in [0.25, 0.3) is 0 Å². The Labute approximate surface area is 191 Å². The van der Waals surface area contributed by atoms with Crippen LogP contribution in [0, 0.1) is 0 Å². The maximum Gasteiger partial charge on any atom is 0.337 e. The molecule has 4 rings (SSSR count). The van der Waals surface area contributed by atoms with Gasteiger partial charge in [-0.3, -0.25) is 0 Å². The Morgan fingerprint density at radius 1 is 0.970 bits per heavy atom. The molecule has 0 radical (unpaired) electrons. The first-order valence-electron chi connectivity index (χ1n) is 10.1. The van der Waals surface area contributed by atoms with Crippen LogP contribution >= 0.6 is 0 Å². The third kappa shape index (κ3) is 5.09. The van der Waals surface area contributed by atoms with Gasteiger partial charge in [-0.15, -0.1) is 0 Å². The van der Waals surface area contributed by atoms with E-state index in [-0.39, 0.29) is 12.3 Å².